The Morgan fingerprint density at radius 1 is 1.11 bits per heavy atom. The maximum absolute atomic E-state index is 13.0. The van der Waals surface area contributed by atoms with Gasteiger partial charge >= 0.3 is 0 Å². The largest absolute Gasteiger partial charge is 0.495 e. The minimum atomic E-state index is -3.52. The monoisotopic (exact) mass is 535 g/mol. The maximum Gasteiger partial charge on any atom is 0.231 e. The quantitative estimate of drug-likeness (QED) is 0.291. The fraction of sp³-hybridized carbons (Fsp3) is 0.370. The van der Waals surface area contributed by atoms with Gasteiger partial charge in [0.2, 0.25) is 5.95 Å². The number of rotatable bonds is 8. The van der Waals surface area contributed by atoms with E-state index in [2.05, 4.69) is 54.9 Å². The van der Waals surface area contributed by atoms with Gasteiger partial charge in [0.25, 0.3) is 0 Å². The summed E-state index contributed by atoms with van der Waals surface area (Å²) >= 11 is 0. The van der Waals surface area contributed by atoms with Crippen molar-refractivity contribution in [2.24, 2.45) is 0 Å². The van der Waals surface area contributed by atoms with Crippen LogP contribution in [0.5, 0.6) is 5.75 Å². The molecular formula is C27H33N7O3S. The molecule has 0 aliphatic carbocycles. The molecule has 200 valence electrons. The lowest BCUT2D eigenvalue weighted by Crippen LogP contribution is -2.30. The average molecular weight is 536 g/mol. The number of nitrogens with zero attached hydrogens (tertiary/aromatic N) is 4. The number of fused-ring (bicyclic) bond motifs is 1. The number of ether oxygens (including phenoxy) is 1. The summed E-state index contributed by atoms with van der Waals surface area (Å²) < 4.78 is 31.7. The normalized spacial score (nSPS) is 16.6. The van der Waals surface area contributed by atoms with Gasteiger partial charge in [0, 0.05) is 6.54 Å². The van der Waals surface area contributed by atoms with Gasteiger partial charge in [-0.25, -0.2) is 8.42 Å². The second-order valence-corrected chi connectivity index (χ2v) is 12.4. The van der Waals surface area contributed by atoms with Gasteiger partial charge in [0.1, 0.15) is 11.6 Å². The number of H-pyrrole nitrogens is 1. The Kier molecular flexibility index (Phi) is 7.22. The Bertz CT molecular complexity index is 1550. The molecule has 2 aromatic heterocycles. The maximum atomic E-state index is 13.0. The van der Waals surface area contributed by atoms with Gasteiger partial charge in [-0.1, -0.05) is 18.2 Å². The van der Waals surface area contributed by atoms with Crippen molar-refractivity contribution < 1.29 is 13.2 Å². The van der Waals surface area contributed by atoms with E-state index in [4.69, 9.17) is 4.74 Å². The highest BCUT2D eigenvalue weighted by Crippen LogP contribution is 2.35. The zero-order valence-corrected chi connectivity index (χ0v) is 22.8. The number of anilines is 4. The number of likely N-dealkylation sites (N-methyl/N-ethyl adjacent to an activating group) is 1. The first-order valence-electron chi connectivity index (χ1n) is 12.7. The third-order valence-electron chi connectivity index (χ3n) is 6.94. The Hall–Kier alpha value is -3.70. The summed E-state index contributed by atoms with van der Waals surface area (Å²) in [4.78, 5) is 11.8. The molecule has 0 spiro atoms. The van der Waals surface area contributed by atoms with Crippen molar-refractivity contribution in [3.05, 3.63) is 54.2 Å². The number of aromatic nitrogens is 4. The third-order valence-corrected chi connectivity index (χ3v) is 9.16. The summed E-state index contributed by atoms with van der Waals surface area (Å²) in [5, 5.41) is 13.5. The fourth-order valence-electron chi connectivity index (χ4n) is 4.81. The van der Waals surface area contributed by atoms with Crippen LogP contribution in [0.15, 0.2) is 53.6 Å². The molecule has 0 bridgehead atoms. The van der Waals surface area contributed by atoms with Crippen LogP contribution < -0.4 is 15.4 Å². The second kappa shape index (κ2) is 10.6. The fourth-order valence-corrected chi connectivity index (χ4v) is 6.01. The van der Waals surface area contributed by atoms with Crippen molar-refractivity contribution in [3.63, 3.8) is 0 Å². The zero-order valence-electron chi connectivity index (χ0n) is 22.0. The van der Waals surface area contributed by atoms with E-state index in [-0.39, 0.29) is 4.90 Å². The SMILES string of the molecule is COc1cc(C2CCCN(C)C2)ccc1Nc1nc(Nc2ccccc2S(=O)(=O)C(C)C)c2cn[nH]c2n1. The van der Waals surface area contributed by atoms with E-state index in [1.807, 2.05) is 6.07 Å². The minimum absolute atomic E-state index is 0.213. The highest BCUT2D eigenvalue weighted by molar-refractivity contribution is 7.92. The number of piperidine rings is 1. The van der Waals surface area contributed by atoms with Crippen LogP contribution >= 0.6 is 0 Å². The van der Waals surface area contributed by atoms with Gasteiger partial charge in [-0.2, -0.15) is 15.1 Å². The lowest BCUT2D eigenvalue weighted by Gasteiger charge is -2.30. The van der Waals surface area contributed by atoms with E-state index in [0.717, 1.165) is 25.2 Å². The molecule has 0 amide bonds. The van der Waals surface area contributed by atoms with Crippen LogP contribution in [0.25, 0.3) is 11.0 Å². The molecule has 1 atom stereocenters. The van der Waals surface area contributed by atoms with Crippen molar-refractivity contribution in [1.29, 1.82) is 0 Å². The third kappa shape index (κ3) is 5.16. The molecule has 1 saturated heterocycles. The summed E-state index contributed by atoms with van der Waals surface area (Å²) in [6.45, 7) is 5.49. The average Bonchev–Trinajstić information content (AvgIpc) is 3.38. The molecule has 0 radical (unpaired) electrons. The number of hydrogen-bond acceptors (Lipinski definition) is 9. The zero-order chi connectivity index (χ0) is 26.9. The first-order chi connectivity index (χ1) is 18.3. The number of para-hydroxylation sites is 1. The molecule has 4 aromatic rings. The molecule has 1 fully saturated rings. The van der Waals surface area contributed by atoms with E-state index in [0.29, 0.717) is 40.2 Å². The predicted octanol–water partition coefficient (Wildman–Crippen LogP) is 4.84. The molecule has 2 aromatic carbocycles. The number of sulfone groups is 1. The Morgan fingerprint density at radius 3 is 2.68 bits per heavy atom. The number of methoxy groups -OCH3 is 1. The lowest BCUT2D eigenvalue weighted by molar-refractivity contribution is 0.250. The summed E-state index contributed by atoms with van der Waals surface area (Å²) in [5.74, 6) is 1.91. The van der Waals surface area contributed by atoms with Crippen LogP contribution in [0, 0.1) is 0 Å². The van der Waals surface area contributed by atoms with Crippen LogP contribution in [0.1, 0.15) is 38.2 Å². The first-order valence-corrected chi connectivity index (χ1v) is 14.3. The van der Waals surface area contributed by atoms with E-state index >= 15 is 0 Å². The first kappa shape index (κ1) is 25.9. The number of aromatic amines is 1. The molecule has 38 heavy (non-hydrogen) atoms. The van der Waals surface area contributed by atoms with Crippen molar-refractivity contribution in [3.8, 4) is 5.75 Å². The van der Waals surface area contributed by atoms with Crippen LogP contribution in [0.3, 0.4) is 0 Å². The van der Waals surface area contributed by atoms with Gasteiger partial charge in [-0.05, 0) is 76.0 Å². The number of benzene rings is 2. The van der Waals surface area contributed by atoms with Crippen LogP contribution in [0.4, 0.5) is 23.1 Å². The highest BCUT2D eigenvalue weighted by atomic mass is 32.2. The van der Waals surface area contributed by atoms with Gasteiger partial charge < -0.3 is 20.3 Å². The molecule has 3 heterocycles. The van der Waals surface area contributed by atoms with E-state index in [1.54, 1.807) is 51.4 Å². The predicted molar refractivity (Wildman–Crippen MR) is 149 cm³/mol. The van der Waals surface area contributed by atoms with Crippen LogP contribution in [-0.2, 0) is 9.84 Å². The van der Waals surface area contributed by atoms with Gasteiger partial charge in [-0.3, -0.25) is 5.10 Å². The van der Waals surface area contributed by atoms with Crippen molar-refractivity contribution in [2.75, 3.05) is 37.9 Å². The molecule has 11 heteroatoms. The van der Waals surface area contributed by atoms with E-state index in [9.17, 15) is 8.42 Å². The van der Waals surface area contributed by atoms with Gasteiger partial charge in [0.15, 0.2) is 15.5 Å². The number of likely N-dealkylation sites (tertiary alicyclic amines) is 1. The Balaban J connectivity index is 1.47. The summed E-state index contributed by atoms with van der Waals surface area (Å²) in [5.41, 5.74) is 2.92. The number of hydrogen-bond donors (Lipinski definition) is 3. The van der Waals surface area contributed by atoms with Crippen molar-refractivity contribution in [1.82, 2.24) is 25.1 Å². The summed E-state index contributed by atoms with van der Waals surface area (Å²) in [6, 6.07) is 13.0. The summed E-state index contributed by atoms with van der Waals surface area (Å²) in [6.07, 6.45) is 3.94. The van der Waals surface area contributed by atoms with Crippen LogP contribution in [0.2, 0.25) is 0 Å². The Morgan fingerprint density at radius 2 is 1.92 bits per heavy atom. The molecule has 1 aliphatic heterocycles. The highest BCUT2D eigenvalue weighted by Gasteiger charge is 2.24. The molecule has 5 rings (SSSR count). The van der Waals surface area contributed by atoms with Crippen molar-refractivity contribution in [2.45, 2.75) is 42.8 Å². The number of nitrogens with one attached hydrogen (secondary N) is 3. The second-order valence-electron chi connectivity index (χ2n) is 9.93. The van der Waals surface area contributed by atoms with Gasteiger partial charge in [-0.15, -0.1) is 0 Å². The smallest absolute Gasteiger partial charge is 0.231 e. The van der Waals surface area contributed by atoms with Gasteiger partial charge in [0.05, 0.1) is 40.2 Å². The minimum Gasteiger partial charge on any atom is -0.495 e. The molecule has 1 aliphatic rings. The molecule has 1 unspecified atom stereocenters. The summed E-state index contributed by atoms with van der Waals surface area (Å²) in [7, 11) is 0.289. The van der Waals surface area contributed by atoms with E-state index in [1.165, 1.54) is 12.0 Å². The van der Waals surface area contributed by atoms with E-state index < -0.39 is 15.1 Å². The van der Waals surface area contributed by atoms with Crippen LogP contribution in [-0.4, -0.2) is 66.0 Å². The standard InChI is InChI=1S/C27H33N7O3S/c1-17(2)38(35,36)24-10-6-5-9-22(24)29-25-20-15-28-33-26(20)32-27(31-25)30-21-12-11-18(14-23(21)37-4)19-8-7-13-34(3)16-19/h5-6,9-12,14-15,17,19H,7-8,13,16H2,1-4H3,(H3,28,29,30,31,32,33). The Labute approximate surface area is 222 Å². The lowest BCUT2D eigenvalue weighted by atomic mass is 9.90. The molecular weight excluding hydrogens is 502 g/mol. The van der Waals surface area contributed by atoms with Crippen molar-refractivity contribution >= 4 is 44.0 Å². The molecule has 3 N–H and O–H groups in total. The molecule has 10 nitrogen and oxygen atoms in total. The molecule has 0 saturated carbocycles. The topological polar surface area (TPSA) is 125 Å².